The molecule has 1 atom stereocenters. The number of ether oxygens (including phenoxy) is 1. The number of nitrogens with zero attached hydrogens (tertiary/aromatic N) is 3. The number of nitrogens with one attached hydrogen (secondary N) is 2. The van der Waals surface area contributed by atoms with Gasteiger partial charge in [-0.2, -0.15) is 0 Å². The molecule has 3 amide bonds. The van der Waals surface area contributed by atoms with Crippen LogP contribution in [0.25, 0.3) is 11.1 Å². The molecule has 0 saturated carbocycles. The maximum absolute atomic E-state index is 13.3. The number of aryl methyl sites for hydroxylation is 1. The second-order valence-electron chi connectivity index (χ2n) is 16.1. The van der Waals surface area contributed by atoms with Crippen molar-refractivity contribution in [1.29, 1.82) is 0 Å². The lowest BCUT2D eigenvalue weighted by Crippen LogP contribution is -2.42. The molecule has 0 aliphatic carbocycles. The predicted octanol–water partition coefficient (Wildman–Crippen LogP) is 9.18. The minimum atomic E-state index is -2.21. The molecule has 11 nitrogen and oxygen atoms in total. The summed E-state index contributed by atoms with van der Waals surface area (Å²) in [7, 11) is -0.410. The van der Waals surface area contributed by atoms with Crippen LogP contribution in [0.3, 0.4) is 0 Å². The summed E-state index contributed by atoms with van der Waals surface area (Å²) >= 11 is 0. The molecule has 0 aromatic heterocycles. The molecular formula is C45H57N5O6Si. The van der Waals surface area contributed by atoms with E-state index >= 15 is 0 Å². The zero-order valence-corrected chi connectivity index (χ0v) is 35.2. The fraction of sp³-hybridized carbons (Fsp3) is 0.378. The second kappa shape index (κ2) is 19.2. The summed E-state index contributed by atoms with van der Waals surface area (Å²) in [6.07, 6.45) is 3.12. The van der Waals surface area contributed by atoms with Gasteiger partial charge in [-0.15, -0.1) is 0 Å². The normalized spacial score (nSPS) is 14.6. The Hall–Kier alpha value is -5.30. The van der Waals surface area contributed by atoms with Crippen LogP contribution in [0, 0.1) is 6.92 Å². The number of anilines is 3. The lowest BCUT2D eigenvalue weighted by Gasteiger charge is -2.39. The zero-order valence-electron chi connectivity index (χ0n) is 34.2. The molecule has 12 heteroatoms. The molecule has 0 bridgehead atoms. The molecule has 302 valence electrons. The Bertz CT molecular complexity index is 2020. The maximum Gasteiger partial charge on any atom is 0.411 e. The van der Waals surface area contributed by atoms with Gasteiger partial charge >= 0.3 is 6.09 Å². The first kappa shape index (κ1) is 42.8. The third kappa shape index (κ3) is 11.6. The van der Waals surface area contributed by atoms with E-state index < -0.39 is 14.4 Å². The predicted molar refractivity (Wildman–Crippen MR) is 232 cm³/mol. The quantitative estimate of drug-likeness (QED) is 0.0474. The van der Waals surface area contributed by atoms with Gasteiger partial charge in [0.25, 0.3) is 0 Å². The van der Waals surface area contributed by atoms with Crippen molar-refractivity contribution in [1.82, 2.24) is 4.90 Å². The summed E-state index contributed by atoms with van der Waals surface area (Å²) in [4.78, 5) is 46.0. The van der Waals surface area contributed by atoms with E-state index in [1.165, 1.54) is 0 Å². The molecule has 1 heterocycles. The first-order chi connectivity index (χ1) is 27.1. The Balaban J connectivity index is 1.11. The van der Waals surface area contributed by atoms with Crippen LogP contribution in [0.2, 0.25) is 18.1 Å². The number of hydrogen-bond donors (Lipinski definition) is 3. The summed E-state index contributed by atoms with van der Waals surface area (Å²) < 4.78 is 12.6. The fourth-order valence-electron chi connectivity index (χ4n) is 6.50. The second-order valence-corrected chi connectivity index (χ2v) is 20.9. The molecular weight excluding hydrogens is 735 g/mol. The van der Waals surface area contributed by atoms with Crippen molar-refractivity contribution in [2.24, 2.45) is 4.99 Å². The lowest BCUT2D eigenvalue weighted by molar-refractivity contribution is -0.118. The van der Waals surface area contributed by atoms with Crippen molar-refractivity contribution in [3.63, 3.8) is 0 Å². The van der Waals surface area contributed by atoms with E-state index in [0.717, 1.165) is 46.6 Å². The third-order valence-electron chi connectivity index (χ3n) is 11.1. The summed E-state index contributed by atoms with van der Waals surface area (Å²) in [5.74, 6) is 0.00333. The molecule has 1 fully saturated rings. The van der Waals surface area contributed by atoms with Crippen LogP contribution in [0.1, 0.15) is 62.8 Å². The summed E-state index contributed by atoms with van der Waals surface area (Å²) in [6, 6.07) is 28.6. The number of amides is 3. The highest BCUT2D eigenvalue weighted by Crippen LogP contribution is 2.40. The molecule has 3 N–H and O–H groups in total. The molecule has 0 spiro atoms. The number of aromatic hydroxyl groups is 1. The van der Waals surface area contributed by atoms with Gasteiger partial charge in [-0.1, -0.05) is 81.4 Å². The molecule has 5 rings (SSSR count). The lowest BCUT2D eigenvalue weighted by atomic mass is 10.0. The smallest absolute Gasteiger partial charge is 0.411 e. The SMILES string of the molecule is Cc1cc(N(C)C(=O)CCN2CCC(OC(=O)Nc3ccccc3-c3ccccc3)CC2)ccc1C=NCC(O[Si](C)(C)C(C)(C)C)c1ccc(O)c(NC=O)c1. The maximum atomic E-state index is 13.3. The van der Waals surface area contributed by atoms with Crippen LogP contribution < -0.4 is 15.5 Å². The van der Waals surface area contributed by atoms with Crippen LogP contribution in [-0.2, 0) is 18.8 Å². The highest BCUT2D eigenvalue weighted by Gasteiger charge is 2.39. The number of para-hydroxylation sites is 1. The van der Waals surface area contributed by atoms with Gasteiger partial charge in [-0.3, -0.25) is 19.9 Å². The Morgan fingerprint density at radius 3 is 2.37 bits per heavy atom. The standard InChI is InChI=1S/C45H57N5O6Si/c1-32-27-36(19-17-35(32)29-46-30-42(56-57(6,7)45(2,3)4)34-18-20-41(52)40(28-34)47-31-51)49(5)43(53)23-26-50-24-21-37(22-25-50)55-44(54)48-39-16-12-11-15-38(39)33-13-9-8-10-14-33/h8-20,27-29,31,37,42,52H,21-26,30H2,1-7H3,(H,47,51)(H,48,54). The average Bonchev–Trinajstić information content (AvgIpc) is 3.18. The highest BCUT2D eigenvalue weighted by molar-refractivity contribution is 6.74. The Labute approximate surface area is 338 Å². The third-order valence-corrected chi connectivity index (χ3v) is 15.6. The topological polar surface area (TPSA) is 133 Å². The van der Waals surface area contributed by atoms with E-state index in [4.69, 9.17) is 14.2 Å². The average molecular weight is 792 g/mol. The number of carbonyl (C=O) groups is 3. The van der Waals surface area contributed by atoms with Gasteiger partial charge in [0.15, 0.2) is 8.32 Å². The van der Waals surface area contributed by atoms with Crippen molar-refractivity contribution in [2.45, 2.75) is 77.3 Å². The van der Waals surface area contributed by atoms with E-state index in [1.54, 1.807) is 30.1 Å². The van der Waals surface area contributed by atoms with Crippen molar-refractivity contribution >= 4 is 50.0 Å². The highest BCUT2D eigenvalue weighted by atomic mass is 28.4. The number of piperidine rings is 1. The first-order valence-corrected chi connectivity index (χ1v) is 22.5. The van der Waals surface area contributed by atoms with E-state index in [0.29, 0.717) is 50.1 Å². The van der Waals surface area contributed by atoms with E-state index in [9.17, 15) is 19.5 Å². The zero-order chi connectivity index (χ0) is 41.2. The summed E-state index contributed by atoms with van der Waals surface area (Å²) in [5.41, 5.74) is 6.51. The first-order valence-electron chi connectivity index (χ1n) is 19.6. The van der Waals surface area contributed by atoms with Gasteiger partial charge in [0.05, 0.1) is 24.0 Å². The molecule has 4 aromatic rings. The van der Waals surface area contributed by atoms with Gasteiger partial charge < -0.3 is 29.4 Å². The minimum absolute atomic E-state index is 0.0185. The van der Waals surface area contributed by atoms with Crippen LogP contribution >= 0.6 is 0 Å². The monoisotopic (exact) mass is 791 g/mol. The van der Waals surface area contributed by atoms with Gasteiger partial charge in [0, 0.05) is 50.6 Å². The number of carbonyl (C=O) groups excluding carboxylic acids is 3. The number of phenolic OH excluding ortho intramolecular Hbond substituents is 1. The number of aliphatic imine (C=N–C) groups is 1. The fourth-order valence-corrected chi connectivity index (χ4v) is 7.78. The molecule has 1 saturated heterocycles. The van der Waals surface area contributed by atoms with Crippen LogP contribution in [0.5, 0.6) is 5.75 Å². The molecule has 4 aromatic carbocycles. The van der Waals surface area contributed by atoms with Crippen molar-refractivity contribution < 1.29 is 28.7 Å². The van der Waals surface area contributed by atoms with E-state index in [-0.39, 0.29) is 28.9 Å². The van der Waals surface area contributed by atoms with Crippen LogP contribution in [-0.4, -0.2) is 82.3 Å². The van der Waals surface area contributed by atoms with Crippen molar-refractivity contribution in [3.8, 4) is 16.9 Å². The molecule has 0 radical (unpaired) electrons. The number of phenols is 1. The van der Waals surface area contributed by atoms with E-state index in [2.05, 4.69) is 49.4 Å². The number of benzene rings is 4. The molecule has 1 unspecified atom stereocenters. The summed E-state index contributed by atoms with van der Waals surface area (Å²) in [6.45, 7) is 15.4. The molecule has 57 heavy (non-hydrogen) atoms. The van der Waals surface area contributed by atoms with Gasteiger partial charge in [-0.25, -0.2) is 4.79 Å². The summed E-state index contributed by atoms with van der Waals surface area (Å²) in [5, 5.41) is 15.7. The van der Waals surface area contributed by atoms with Gasteiger partial charge in [0.1, 0.15) is 11.9 Å². The number of rotatable bonds is 15. The van der Waals surface area contributed by atoms with Crippen molar-refractivity contribution in [2.75, 3.05) is 48.8 Å². The Morgan fingerprint density at radius 1 is 0.982 bits per heavy atom. The van der Waals surface area contributed by atoms with Crippen molar-refractivity contribution in [3.05, 3.63) is 108 Å². The van der Waals surface area contributed by atoms with E-state index in [1.807, 2.05) is 85.9 Å². The Morgan fingerprint density at radius 2 is 1.68 bits per heavy atom. The molecule has 1 aliphatic heterocycles. The van der Waals surface area contributed by atoms with Gasteiger partial charge in [0.2, 0.25) is 12.3 Å². The number of likely N-dealkylation sites (tertiary alicyclic amines) is 1. The Kier molecular flexibility index (Phi) is 14.4. The van der Waals surface area contributed by atoms with Crippen LogP contribution in [0.15, 0.2) is 96.0 Å². The minimum Gasteiger partial charge on any atom is -0.506 e. The largest absolute Gasteiger partial charge is 0.506 e. The molecule has 1 aliphatic rings. The number of hydrogen-bond acceptors (Lipinski definition) is 8. The van der Waals surface area contributed by atoms with Crippen LogP contribution in [0.4, 0.5) is 21.9 Å². The van der Waals surface area contributed by atoms with Gasteiger partial charge in [-0.05, 0) is 90.5 Å².